The molecular weight excluding hydrogens is 684 g/mol. The smallest absolute Gasteiger partial charge is 0.329 e. The molecule has 0 saturated carbocycles. The second kappa shape index (κ2) is 20.3. The highest BCUT2D eigenvalue weighted by atomic mass is 16.6. The Bertz CT molecular complexity index is 1570. The molecule has 3 aliphatic rings. The molecule has 54 heavy (non-hydrogen) atoms. The van der Waals surface area contributed by atoms with Crippen molar-refractivity contribution in [1.29, 1.82) is 0 Å². The molecule has 0 aromatic carbocycles. The molecule has 0 radical (unpaired) electrons. The van der Waals surface area contributed by atoms with Crippen molar-refractivity contribution in [3.63, 3.8) is 0 Å². The summed E-state index contributed by atoms with van der Waals surface area (Å²) in [7, 11) is 0. The molecule has 1 aromatic rings. The number of nitrogens with zero attached hydrogens (tertiary/aromatic N) is 2. The molecule has 2 bridgehead atoms. The number of hydrogen-bond acceptors (Lipinski definition) is 9. The number of ether oxygens (including phenoxy) is 2. The van der Waals surface area contributed by atoms with E-state index < -0.39 is 53.7 Å². The molecule has 296 valence electrons. The molecular formula is C44H62N2O8. The minimum Gasteiger partial charge on any atom is -0.460 e. The molecule has 2 N–H and O–H groups in total. The van der Waals surface area contributed by atoms with Crippen LogP contribution < -0.4 is 0 Å². The number of ketones is 2. The van der Waals surface area contributed by atoms with Gasteiger partial charge in [-0.2, -0.15) is 0 Å². The Kier molecular flexibility index (Phi) is 16.1. The molecule has 4 rings (SSSR count). The van der Waals surface area contributed by atoms with Crippen LogP contribution in [0.4, 0.5) is 0 Å². The van der Waals surface area contributed by atoms with Crippen molar-refractivity contribution >= 4 is 23.4 Å². The maximum absolute atomic E-state index is 14.0. The van der Waals surface area contributed by atoms with Gasteiger partial charge in [-0.05, 0) is 107 Å². The standard InChI is InChI=1S/C44H62N2O8/c1-29-12-8-7-9-13-30(2)26-32(4)39(48)28-38(47)31(3)16-20-40(33(5)27-35-21-23-45-24-22-35)53-43(51)37-14-10-11-25-46(37)42(50)41(49)44(52)34(6)17-19-36(54-44)18-15-29/h7-9,12-13,16,21-24,30,32-34,36-38,40,47,52H,10-11,14-15,17-20,25-28H2,1-6H3. The fourth-order valence-electron chi connectivity index (χ4n) is 7.66. The third-order valence-corrected chi connectivity index (χ3v) is 11.5. The predicted molar refractivity (Wildman–Crippen MR) is 208 cm³/mol. The summed E-state index contributed by atoms with van der Waals surface area (Å²) in [6.45, 7) is 11.6. The minimum absolute atomic E-state index is 0.0103. The van der Waals surface area contributed by atoms with Gasteiger partial charge in [0.1, 0.15) is 17.9 Å². The summed E-state index contributed by atoms with van der Waals surface area (Å²) in [5, 5.41) is 22.8. The summed E-state index contributed by atoms with van der Waals surface area (Å²) in [4.78, 5) is 60.4. The van der Waals surface area contributed by atoms with Gasteiger partial charge < -0.3 is 24.6 Å². The SMILES string of the molecule is CC1=CC=CC=CC(C)CC(C)C(=O)CC(O)C(C)=CCC(C(C)Cc2ccncc2)OC(=O)C2CCCCN2C(=O)C(=O)C2(O)OC(CC1)CCC2C. The van der Waals surface area contributed by atoms with E-state index in [0.717, 1.165) is 11.1 Å². The minimum atomic E-state index is -2.29. The molecule has 10 nitrogen and oxygen atoms in total. The van der Waals surface area contributed by atoms with Crippen LogP contribution in [0, 0.1) is 23.7 Å². The quantitative estimate of drug-likeness (QED) is 0.194. The zero-order valence-corrected chi connectivity index (χ0v) is 33.1. The van der Waals surface area contributed by atoms with Gasteiger partial charge in [-0.25, -0.2) is 4.79 Å². The number of pyridine rings is 1. The van der Waals surface area contributed by atoms with E-state index in [4.69, 9.17) is 9.47 Å². The van der Waals surface area contributed by atoms with E-state index in [1.54, 1.807) is 26.2 Å². The zero-order chi connectivity index (χ0) is 39.4. The molecule has 0 aliphatic carbocycles. The first-order chi connectivity index (χ1) is 25.7. The van der Waals surface area contributed by atoms with E-state index in [1.165, 1.54) is 4.90 Å². The van der Waals surface area contributed by atoms with Gasteiger partial charge >= 0.3 is 5.97 Å². The number of aliphatic hydroxyl groups is 2. The fraction of sp³-hybridized carbons (Fsp3) is 0.614. The molecule has 10 heteroatoms. The van der Waals surface area contributed by atoms with E-state index in [2.05, 4.69) is 18.0 Å². The first kappa shape index (κ1) is 43.0. The summed E-state index contributed by atoms with van der Waals surface area (Å²) >= 11 is 0. The van der Waals surface area contributed by atoms with Gasteiger partial charge in [-0.1, -0.05) is 69.7 Å². The lowest BCUT2D eigenvalue weighted by Crippen LogP contribution is -2.60. The highest BCUT2D eigenvalue weighted by molar-refractivity contribution is 6.39. The van der Waals surface area contributed by atoms with Gasteiger partial charge in [-0.3, -0.25) is 19.4 Å². The number of Topliss-reactive ketones (excluding diaryl/α,β-unsaturated/α-hetero) is 2. The van der Waals surface area contributed by atoms with E-state index in [-0.39, 0.29) is 42.9 Å². The van der Waals surface area contributed by atoms with Crippen molar-refractivity contribution in [3.05, 3.63) is 77.7 Å². The van der Waals surface area contributed by atoms with Crippen LogP contribution in [0.3, 0.4) is 0 Å². The number of carbonyl (C=O) groups excluding carboxylic acids is 4. The third kappa shape index (κ3) is 11.9. The Morgan fingerprint density at radius 1 is 0.981 bits per heavy atom. The number of esters is 1. The Balaban J connectivity index is 1.63. The predicted octanol–water partition coefficient (Wildman–Crippen LogP) is 6.80. The molecule has 2 saturated heterocycles. The fourth-order valence-corrected chi connectivity index (χ4v) is 7.66. The van der Waals surface area contributed by atoms with Crippen LogP contribution in [0.5, 0.6) is 0 Å². The van der Waals surface area contributed by atoms with Crippen molar-refractivity contribution in [2.45, 2.75) is 142 Å². The lowest BCUT2D eigenvalue weighted by molar-refractivity contribution is -0.263. The number of aliphatic hydroxyl groups excluding tert-OH is 1. The van der Waals surface area contributed by atoms with Crippen molar-refractivity contribution in [3.8, 4) is 0 Å². The van der Waals surface area contributed by atoms with Gasteiger partial charge in [-0.15, -0.1) is 0 Å². The number of piperidine rings is 1. The van der Waals surface area contributed by atoms with Crippen molar-refractivity contribution in [2.24, 2.45) is 23.7 Å². The van der Waals surface area contributed by atoms with E-state index in [9.17, 15) is 29.4 Å². The summed E-state index contributed by atoms with van der Waals surface area (Å²) < 4.78 is 12.3. The topological polar surface area (TPSA) is 143 Å². The third-order valence-electron chi connectivity index (χ3n) is 11.5. The Morgan fingerprint density at radius 3 is 2.46 bits per heavy atom. The van der Waals surface area contributed by atoms with Gasteiger partial charge in [0.05, 0.1) is 12.2 Å². The number of allylic oxidation sites excluding steroid dienone is 6. The van der Waals surface area contributed by atoms with Crippen LogP contribution in [0.25, 0.3) is 0 Å². The highest BCUT2D eigenvalue weighted by Gasteiger charge is 2.52. The van der Waals surface area contributed by atoms with Gasteiger partial charge in [0.15, 0.2) is 0 Å². The lowest BCUT2D eigenvalue weighted by Gasteiger charge is -2.42. The van der Waals surface area contributed by atoms with Crippen molar-refractivity contribution < 1.29 is 38.9 Å². The van der Waals surface area contributed by atoms with Gasteiger partial charge in [0.2, 0.25) is 5.79 Å². The number of fused-ring (bicyclic) bond motifs is 3. The summed E-state index contributed by atoms with van der Waals surface area (Å²) in [5.74, 6) is -5.75. The van der Waals surface area contributed by atoms with Crippen molar-refractivity contribution in [2.75, 3.05) is 6.54 Å². The number of hydrogen-bond donors (Lipinski definition) is 2. The van der Waals surface area contributed by atoms with Crippen molar-refractivity contribution in [1.82, 2.24) is 9.88 Å². The number of aromatic nitrogens is 1. The van der Waals surface area contributed by atoms with Crippen LogP contribution in [-0.4, -0.2) is 80.2 Å². The van der Waals surface area contributed by atoms with E-state index >= 15 is 0 Å². The molecule has 1 amide bonds. The maximum atomic E-state index is 14.0. The van der Waals surface area contributed by atoms with Gasteiger partial charge in [0.25, 0.3) is 11.7 Å². The largest absolute Gasteiger partial charge is 0.460 e. The number of rotatable bonds is 3. The summed E-state index contributed by atoms with van der Waals surface area (Å²) in [6.07, 6.45) is 18.7. The molecule has 9 atom stereocenters. The molecule has 0 spiro atoms. The first-order valence-electron chi connectivity index (χ1n) is 19.9. The maximum Gasteiger partial charge on any atom is 0.329 e. The number of carbonyl (C=O) groups is 4. The average Bonchev–Trinajstić information content (AvgIpc) is 3.15. The Labute approximate surface area is 321 Å². The van der Waals surface area contributed by atoms with Gasteiger partial charge in [0, 0.05) is 43.6 Å². The van der Waals surface area contributed by atoms with Crippen LogP contribution >= 0.6 is 0 Å². The average molecular weight is 747 g/mol. The lowest BCUT2D eigenvalue weighted by atomic mass is 9.85. The second-order valence-electron chi connectivity index (χ2n) is 16.1. The molecule has 3 aliphatic heterocycles. The Morgan fingerprint density at radius 2 is 1.72 bits per heavy atom. The van der Waals surface area contributed by atoms with E-state index in [0.29, 0.717) is 63.4 Å². The van der Waals surface area contributed by atoms with Crippen LogP contribution in [0.1, 0.15) is 111 Å². The van der Waals surface area contributed by atoms with Crippen LogP contribution in [0.15, 0.2) is 72.1 Å². The first-order valence-corrected chi connectivity index (χ1v) is 19.9. The monoisotopic (exact) mass is 746 g/mol. The second-order valence-corrected chi connectivity index (χ2v) is 16.1. The normalized spacial score (nSPS) is 32.5. The molecule has 2 fully saturated rings. The van der Waals surface area contributed by atoms with Crippen LogP contribution in [0.2, 0.25) is 0 Å². The highest BCUT2D eigenvalue weighted by Crippen LogP contribution is 2.36. The molecule has 1 aromatic heterocycles. The summed E-state index contributed by atoms with van der Waals surface area (Å²) in [5.41, 5.74) is 2.73. The zero-order valence-electron chi connectivity index (χ0n) is 33.1. The van der Waals surface area contributed by atoms with Crippen LogP contribution in [-0.2, 0) is 35.1 Å². The number of cyclic esters (lactones) is 1. The Hall–Kier alpha value is -3.73. The number of amides is 1. The van der Waals surface area contributed by atoms with E-state index in [1.807, 2.05) is 63.3 Å². The molecule has 9 unspecified atom stereocenters. The molecule has 4 heterocycles. The summed E-state index contributed by atoms with van der Waals surface area (Å²) in [6, 6.07) is 2.81.